The largest absolute Gasteiger partial charge is 0.465 e. The highest BCUT2D eigenvalue weighted by Gasteiger charge is 2.29. The molecule has 2 aliphatic rings. The lowest BCUT2D eigenvalue weighted by Crippen LogP contribution is -2.33. The maximum absolute atomic E-state index is 11.2. The molecule has 3 rings (SSSR count). The van der Waals surface area contributed by atoms with E-state index < -0.39 is 6.09 Å². The van der Waals surface area contributed by atoms with Crippen molar-refractivity contribution in [3.63, 3.8) is 0 Å². The molecule has 1 saturated heterocycles. The molecular formula is C13H17N3O3S. The summed E-state index contributed by atoms with van der Waals surface area (Å²) in [6, 6.07) is 0. The van der Waals surface area contributed by atoms with E-state index in [4.69, 9.17) is 4.74 Å². The van der Waals surface area contributed by atoms with Gasteiger partial charge in [-0.05, 0) is 6.42 Å². The van der Waals surface area contributed by atoms with Gasteiger partial charge < -0.3 is 9.84 Å². The number of hydrogen-bond donors (Lipinski definition) is 1. The summed E-state index contributed by atoms with van der Waals surface area (Å²) >= 11 is 1.48. The molecule has 0 aliphatic carbocycles. The van der Waals surface area contributed by atoms with Gasteiger partial charge in [-0.3, -0.25) is 4.90 Å². The van der Waals surface area contributed by atoms with Crippen molar-refractivity contribution in [3.8, 4) is 0 Å². The Bertz CT molecular complexity index is 527. The highest BCUT2D eigenvalue weighted by atomic mass is 32.1. The van der Waals surface area contributed by atoms with E-state index in [0.29, 0.717) is 11.2 Å². The molecule has 1 amide bonds. The number of nitrogens with zero attached hydrogens (tertiary/aromatic N) is 3. The van der Waals surface area contributed by atoms with Gasteiger partial charge in [-0.15, -0.1) is 17.9 Å². The highest BCUT2D eigenvalue weighted by Crippen LogP contribution is 2.31. The molecule has 3 heterocycles. The topological polar surface area (TPSA) is 69.2 Å². The van der Waals surface area contributed by atoms with Crippen LogP contribution in [0.4, 0.5) is 9.93 Å². The second-order valence-corrected chi connectivity index (χ2v) is 6.05. The molecule has 0 bridgehead atoms. The van der Waals surface area contributed by atoms with Crippen LogP contribution in [0.15, 0.2) is 12.7 Å². The second kappa shape index (κ2) is 5.51. The zero-order chi connectivity index (χ0) is 14.1. The van der Waals surface area contributed by atoms with E-state index in [1.165, 1.54) is 21.1 Å². The number of ether oxygens (including phenoxy) is 1. The van der Waals surface area contributed by atoms with Gasteiger partial charge in [-0.2, -0.15) is 0 Å². The van der Waals surface area contributed by atoms with Gasteiger partial charge in [0.2, 0.25) is 0 Å². The van der Waals surface area contributed by atoms with E-state index in [9.17, 15) is 9.90 Å². The minimum Gasteiger partial charge on any atom is -0.465 e. The van der Waals surface area contributed by atoms with Crippen LogP contribution in [0.3, 0.4) is 0 Å². The van der Waals surface area contributed by atoms with Gasteiger partial charge in [0.25, 0.3) is 0 Å². The van der Waals surface area contributed by atoms with Gasteiger partial charge in [0, 0.05) is 31.1 Å². The zero-order valence-electron chi connectivity index (χ0n) is 11.1. The van der Waals surface area contributed by atoms with Gasteiger partial charge in [0.05, 0.1) is 18.4 Å². The van der Waals surface area contributed by atoms with Gasteiger partial charge in [0.1, 0.15) is 0 Å². The lowest BCUT2D eigenvalue weighted by atomic mass is 10.2. The minimum atomic E-state index is -0.987. The van der Waals surface area contributed by atoms with Crippen LogP contribution in [-0.2, 0) is 17.7 Å². The predicted molar refractivity (Wildman–Crippen MR) is 76.4 cm³/mol. The molecular weight excluding hydrogens is 278 g/mol. The molecule has 108 valence electrons. The van der Waals surface area contributed by atoms with E-state index in [-0.39, 0.29) is 6.54 Å². The van der Waals surface area contributed by atoms with E-state index in [1.807, 2.05) is 0 Å². The fourth-order valence-electron chi connectivity index (χ4n) is 2.34. The van der Waals surface area contributed by atoms with Crippen LogP contribution >= 0.6 is 11.3 Å². The van der Waals surface area contributed by atoms with Gasteiger partial charge >= 0.3 is 6.09 Å². The lowest BCUT2D eigenvalue weighted by molar-refractivity contribution is 0.202. The quantitative estimate of drug-likeness (QED) is 0.659. The smallest absolute Gasteiger partial charge is 0.413 e. The molecule has 0 saturated carbocycles. The molecule has 1 fully saturated rings. The number of fused-ring (bicyclic) bond motifs is 1. The number of epoxide rings is 1. The highest BCUT2D eigenvalue weighted by molar-refractivity contribution is 7.15. The van der Waals surface area contributed by atoms with Crippen molar-refractivity contribution in [3.05, 3.63) is 23.2 Å². The van der Waals surface area contributed by atoms with E-state index in [2.05, 4.69) is 16.5 Å². The Morgan fingerprint density at radius 3 is 3.15 bits per heavy atom. The van der Waals surface area contributed by atoms with Crippen LogP contribution in [0.25, 0.3) is 0 Å². The number of carbonyl (C=O) groups is 1. The van der Waals surface area contributed by atoms with Crippen LogP contribution in [0.2, 0.25) is 0 Å². The van der Waals surface area contributed by atoms with Gasteiger partial charge in [-0.25, -0.2) is 14.7 Å². The molecule has 0 aromatic carbocycles. The molecule has 1 atom stereocenters. The van der Waals surface area contributed by atoms with Crippen LogP contribution in [0.1, 0.15) is 10.6 Å². The maximum atomic E-state index is 11.2. The van der Waals surface area contributed by atoms with E-state index in [1.54, 1.807) is 6.08 Å². The first-order chi connectivity index (χ1) is 9.67. The standard InChI is InChI=1S/C13H17N3O3S/c1-2-4-16(13(17)18)12-14-10-7-15(6-9-8-19-9)5-3-11(10)20-12/h2,9H,1,3-8H2,(H,17,18). The molecule has 1 aromatic heterocycles. The summed E-state index contributed by atoms with van der Waals surface area (Å²) in [5, 5.41) is 9.76. The fraction of sp³-hybridized carbons (Fsp3) is 0.538. The SMILES string of the molecule is C=CCN(C(=O)O)c1nc2c(s1)CCN(CC1CO1)C2. The Kier molecular flexibility index (Phi) is 3.73. The van der Waals surface area contributed by atoms with Crippen molar-refractivity contribution in [2.24, 2.45) is 0 Å². The third kappa shape index (κ3) is 2.84. The molecule has 1 N–H and O–H groups in total. The molecule has 0 radical (unpaired) electrons. The molecule has 7 heteroatoms. The Morgan fingerprint density at radius 2 is 2.50 bits per heavy atom. The van der Waals surface area contributed by atoms with E-state index >= 15 is 0 Å². The Hall–Kier alpha value is -1.44. The molecule has 1 unspecified atom stereocenters. The Balaban J connectivity index is 1.74. The van der Waals surface area contributed by atoms with Crippen LogP contribution in [-0.4, -0.2) is 53.4 Å². The molecule has 1 aromatic rings. The first kappa shape index (κ1) is 13.5. The summed E-state index contributed by atoms with van der Waals surface area (Å²) in [6.07, 6.45) is 1.90. The maximum Gasteiger partial charge on any atom is 0.413 e. The molecule has 0 spiro atoms. The van der Waals surface area contributed by atoms with Crippen molar-refractivity contribution < 1.29 is 14.6 Å². The number of anilines is 1. The van der Waals surface area contributed by atoms with Crippen molar-refractivity contribution in [1.82, 2.24) is 9.88 Å². The average molecular weight is 295 g/mol. The third-order valence-electron chi connectivity index (χ3n) is 3.43. The third-order valence-corrected chi connectivity index (χ3v) is 4.61. The number of aromatic nitrogens is 1. The Morgan fingerprint density at radius 1 is 1.70 bits per heavy atom. The number of amides is 1. The first-order valence-electron chi connectivity index (χ1n) is 6.61. The number of carboxylic acid groups (broad SMARTS) is 1. The van der Waals surface area contributed by atoms with E-state index in [0.717, 1.165) is 38.4 Å². The summed E-state index contributed by atoms with van der Waals surface area (Å²) in [6.45, 7) is 7.44. The normalized spacial score (nSPS) is 21.3. The fourth-order valence-corrected chi connectivity index (χ4v) is 3.40. The van der Waals surface area contributed by atoms with Crippen LogP contribution in [0.5, 0.6) is 0 Å². The van der Waals surface area contributed by atoms with Crippen LogP contribution in [0, 0.1) is 0 Å². The summed E-state index contributed by atoms with van der Waals surface area (Å²) in [7, 11) is 0. The summed E-state index contributed by atoms with van der Waals surface area (Å²) in [5.74, 6) is 0. The number of hydrogen-bond acceptors (Lipinski definition) is 5. The molecule has 6 nitrogen and oxygen atoms in total. The van der Waals surface area contributed by atoms with Gasteiger partial charge in [0.15, 0.2) is 5.13 Å². The average Bonchev–Trinajstić information content (AvgIpc) is 3.12. The van der Waals surface area contributed by atoms with Crippen molar-refractivity contribution in [2.75, 3.05) is 31.1 Å². The van der Waals surface area contributed by atoms with Crippen molar-refractivity contribution in [2.45, 2.75) is 19.1 Å². The summed E-state index contributed by atoms with van der Waals surface area (Å²) in [4.78, 5) is 20.5. The second-order valence-electron chi connectivity index (χ2n) is 4.99. The molecule has 20 heavy (non-hydrogen) atoms. The van der Waals surface area contributed by atoms with Crippen molar-refractivity contribution in [1.29, 1.82) is 0 Å². The first-order valence-corrected chi connectivity index (χ1v) is 7.43. The lowest BCUT2D eigenvalue weighted by Gasteiger charge is -2.24. The monoisotopic (exact) mass is 295 g/mol. The zero-order valence-corrected chi connectivity index (χ0v) is 11.9. The number of thiazole rings is 1. The molecule has 2 aliphatic heterocycles. The minimum absolute atomic E-state index is 0.265. The van der Waals surface area contributed by atoms with Crippen LogP contribution < -0.4 is 4.90 Å². The summed E-state index contributed by atoms with van der Waals surface area (Å²) < 4.78 is 5.25. The summed E-state index contributed by atoms with van der Waals surface area (Å²) in [5.41, 5.74) is 1.01. The number of rotatable bonds is 5. The van der Waals surface area contributed by atoms with Crippen molar-refractivity contribution >= 4 is 22.6 Å². The predicted octanol–water partition coefficient (Wildman–Crippen LogP) is 1.57. The van der Waals surface area contributed by atoms with Gasteiger partial charge in [-0.1, -0.05) is 6.08 Å². The Labute approximate surface area is 121 Å².